The number of nitrogens with zero attached hydrogens (tertiary/aromatic N) is 3. The van der Waals surface area contributed by atoms with E-state index < -0.39 is 4.92 Å². The Morgan fingerprint density at radius 3 is 2.44 bits per heavy atom. The van der Waals surface area contributed by atoms with Gasteiger partial charge in [-0.2, -0.15) is 0 Å². The predicted molar refractivity (Wildman–Crippen MR) is 103 cm³/mol. The van der Waals surface area contributed by atoms with Gasteiger partial charge in [-0.3, -0.25) is 19.8 Å². The number of phenolic OH excluding ortho intramolecular Hbond substituents is 1. The van der Waals surface area contributed by atoms with Gasteiger partial charge in [0.05, 0.1) is 11.5 Å². The second-order valence-corrected chi connectivity index (χ2v) is 6.66. The van der Waals surface area contributed by atoms with Gasteiger partial charge in [-0.25, -0.2) is 0 Å². The van der Waals surface area contributed by atoms with E-state index in [1.54, 1.807) is 12.1 Å². The molecule has 0 unspecified atom stereocenters. The molecular formula is C18H19ClN4O4. The van der Waals surface area contributed by atoms with E-state index in [0.29, 0.717) is 5.69 Å². The largest absolute Gasteiger partial charge is 0.508 e. The smallest absolute Gasteiger partial charge is 0.289 e. The predicted octanol–water partition coefficient (Wildman–Crippen LogP) is 2.71. The SMILES string of the molecule is O=C(CN1CCN(c2ccc(O)cc2)CC1)Nc1ccc(Cl)c([N+](=O)[O-])c1. The van der Waals surface area contributed by atoms with Crippen LogP contribution in [0.25, 0.3) is 0 Å². The minimum Gasteiger partial charge on any atom is -0.508 e. The highest BCUT2D eigenvalue weighted by molar-refractivity contribution is 6.32. The minimum atomic E-state index is -0.583. The Bertz CT molecular complexity index is 836. The van der Waals surface area contributed by atoms with E-state index in [1.165, 1.54) is 18.2 Å². The van der Waals surface area contributed by atoms with Crippen molar-refractivity contribution in [2.45, 2.75) is 0 Å². The number of carbonyl (C=O) groups is 1. The Kier molecular flexibility index (Phi) is 5.78. The lowest BCUT2D eigenvalue weighted by Gasteiger charge is -2.35. The van der Waals surface area contributed by atoms with Gasteiger partial charge >= 0.3 is 0 Å². The number of nitro groups is 1. The van der Waals surface area contributed by atoms with Crippen LogP contribution in [0.1, 0.15) is 0 Å². The molecule has 0 aromatic heterocycles. The second kappa shape index (κ2) is 8.24. The van der Waals surface area contributed by atoms with E-state index in [4.69, 9.17) is 11.6 Å². The molecule has 2 N–H and O–H groups in total. The number of hydrogen-bond acceptors (Lipinski definition) is 6. The van der Waals surface area contributed by atoms with Crippen LogP contribution in [0.5, 0.6) is 5.75 Å². The number of nitrogens with one attached hydrogen (secondary N) is 1. The Labute approximate surface area is 161 Å². The highest BCUT2D eigenvalue weighted by Crippen LogP contribution is 2.27. The first-order valence-corrected chi connectivity index (χ1v) is 8.80. The molecule has 27 heavy (non-hydrogen) atoms. The van der Waals surface area contributed by atoms with Crippen LogP contribution in [-0.4, -0.2) is 53.6 Å². The van der Waals surface area contributed by atoms with Crippen LogP contribution in [0.4, 0.5) is 17.1 Å². The summed E-state index contributed by atoms with van der Waals surface area (Å²) in [5, 5.41) is 23.0. The van der Waals surface area contributed by atoms with Crippen LogP contribution in [0.15, 0.2) is 42.5 Å². The third kappa shape index (κ3) is 4.87. The molecule has 1 fully saturated rings. The van der Waals surface area contributed by atoms with E-state index in [1.807, 2.05) is 17.0 Å². The first-order chi connectivity index (χ1) is 12.9. The summed E-state index contributed by atoms with van der Waals surface area (Å²) in [4.78, 5) is 26.8. The van der Waals surface area contributed by atoms with Gasteiger partial charge in [0.25, 0.3) is 5.69 Å². The van der Waals surface area contributed by atoms with E-state index in [-0.39, 0.29) is 28.9 Å². The van der Waals surface area contributed by atoms with Crippen LogP contribution in [0.3, 0.4) is 0 Å². The molecule has 9 heteroatoms. The zero-order valence-corrected chi connectivity index (χ0v) is 15.2. The minimum absolute atomic E-state index is 0.0309. The van der Waals surface area contributed by atoms with Gasteiger partial charge < -0.3 is 15.3 Å². The summed E-state index contributed by atoms with van der Waals surface area (Å²) in [5.41, 5.74) is 1.14. The number of benzene rings is 2. The molecule has 1 aliphatic heterocycles. The van der Waals surface area contributed by atoms with Crippen molar-refractivity contribution in [1.82, 2.24) is 4.90 Å². The maximum atomic E-state index is 12.2. The number of anilines is 2. The molecule has 8 nitrogen and oxygen atoms in total. The second-order valence-electron chi connectivity index (χ2n) is 6.25. The highest BCUT2D eigenvalue weighted by atomic mass is 35.5. The maximum absolute atomic E-state index is 12.2. The molecule has 3 rings (SSSR count). The van der Waals surface area contributed by atoms with Crippen molar-refractivity contribution in [2.75, 3.05) is 42.9 Å². The molecule has 142 valence electrons. The van der Waals surface area contributed by atoms with Gasteiger partial charge in [-0.1, -0.05) is 11.6 Å². The molecule has 1 heterocycles. The van der Waals surface area contributed by atoms with Crippen molar-refractivity contribution in [3.8, 4) is 5.75 Å². The molecule has 0 bridgehead atoms. The van der Waals surface area contributed by atoms with E-state index in [9.17, 15) is 20.0 Å². The number of rotatable bonds is 5. The fourth-order valence-electron chi connectivity index (χ4n) is 2.96. The molecule has 2 aromatic rings. The van der Waals surface area contributed by atoms with E-state index in [0.717, 1.165) is 31.9 Å². The third-order valence-electron chi connectivity index (χ3n) is 4.38. The number of piperazine rings is 1. The average molecular weight is 391 g/mol. The third-order valence-corrected chi connectivity index (χ3v) is 4.70. The van der Waals surface area contributed by atoms with Crippen molar-refractivity contribution in [3.63, 3.8) is 0 Å². The van der Waals surface area contributed by atoms with Crippen molar-refractivity contribution < 1.29 is 14.8 Å². The molecular weight excluding hydrogens is 372 g/mol. The Morgan fingerprint density at radius 1 is 1.15 bits per heavy atom. The Morgan fingerprint density at radius 2 is 1.81 bits per heavy atom. The van der Waals surface area contributed by atoms with Crippen molar-refractivity contribution in [1.29, 1.82) is 0 Å². The number of hydrogen-bond donors (Lipinski definition) is 2. The maximum Gasteiger partial charge on any atom is 0.289 e. The van der Waals surface area contributed by atoms with Crippen molar-refractivity contribution >= 4 is 34.6 Å². The van der Waals surface area contributed by atoms with Gasteiger partial charge in [0, 0.05) is 43.6 Å². The summed E-state index contributed by atoms with van der Waals surface area (Å²) in [7, 11) is 0. The lowest BCUT2D eigenvalue weighted by Crippen LogP contribution is -2.48. The summed E-state index contributed by atoms with van der Waals surface area (Å²) in [6.07, 6.45) is 0. The topological polar surface area (TPSA) is 99.0 Å². The first kappa shape index (κ1) is 18.9. The lowest BCUT2D eigenvalue weighted by atomic mass is 10.2. The number of amides is 1. The van der Waals surface area contributed by atoms with Gasteiger partial charge in [0.15, 0.2) is 0 Å². The zero-order chi connectivity index (χ0) is 19.4. The normalized spacial score (nSPS) is 14.8. The molecule has 0 atom stereocenters. The average Bonchev–Trinajstić information content (AvgIpc) is 2.64. The van der Waals surface area contributed by atoms with Gasteiger partial charge in [0.2, 0.25) is 5.91 Å². The van der Waals surface area contributed by atoms with E-state index >= 15 is 0 Å². The van der Waals surface area contributed by atoms with Gasteiger partial charge in [0.1, 0.15) is 10.8 Å². The fraction of sp³-hybridized carbons (Fsp3) is 0.278. The van der Waals surface area contributed by atoms with Crippen LogP contribution in [0, 0.1) is 10.1 Å². The summed E-state index contributed by atoms with van der Waals surface area (Å²) >= 11 is 5.78. The Balaban J connectivity index is 1.52. The van der Waals surface area contributed by atoms with Gasteiger partial charge in [-0.05, 0) is 36.4 Å². The lowest BCUT2D eigenvalue weighted by molar-refractivity contribution is -0.384. The standard InChI is InChI=1S/C18H19ClN4O4/c19-16-6-1-13(11-17(16)23(26)27)20-18(25)12-21-7-9-22(10-8-21)14-2-4-15(24)5-3-14/h1-6,11,24H,7-10,12H2,(H,20,25). The molecule has 1 aliphatic rings. The molecule has 0 radical (unpaired) electrons. The zero-order valence-electron chi connectivity index (χ0n) is 14.5. The van der Waals surface area contributed by atoms with Crippen LogP contribution in [-0.2, 0) is 4.79 Å². The molecule has 1 saturated heterocycles. The van der Waals surface area contributed by atoms with E-state index in [2.05, 4.69) is 10.2 Å². The van der Waals surface area contributed by atoms with Crippen LogP contribution < -0.4 is 10.2 Å². The van der Waals surface area contributed by atoms with Crippen molar-refractivity contribution in [2.24, 2.45) is 0 Å². The number of carbonyl (C=O) groups excluding carboxylic acids is 1. The number of aromatic hydroxyl groups is 1. The van der Waals surface area contributed by atoms with Crippen molar-refractivity contribution in [3.05, 3.63) is 57.6 Å². The van der Waals surface area contributed by atoms with Gasteiger partial charge in [-0.15, -0.1) is 0 Å². The van der Waals surface area contributed by atoms with Crippen LogP contribution >= 0.6 is 11.6 Å². The number of phenols is 1. The first-order valence-electron chi connectivity index (χ1n) is 8.42. The number of halogens is 1. The monoisotopic (exact) mass is 390 g/mol. The molecule has 0 saturated carbocycles. The molecule has 0 spiro atoms. The molecule has 1 amide bonds. The van der Waals surface area contributed by atoms with Crippen LogP contribution in [0.2, 0.25) is 5.02 Å². The Hall–Kier alpha value is -2.84. The highest BCUT2D eigenvalue weighted by Gasteiger charge is 2.20. The fourth-order valence-corrected chi connectivity index (χ4v) is 3.15. The quantitative estimate of drug-likeness (QED) is 0.601. The summed E-state index contributed by atoms with van der Waals surface area (Å²) in [6, 6.07) is 11.2. The molecule has 0 aliphatic carbocycles. The molecule has 2 aromatic carbocycles. The summed E-state index contributed by atoms with van der Waals surface area (Å²) < 4.78 is 0. The summed E-state index contributed by atoms with van der Waals surface area (Å²) in [5.74, 6) is 0.00111. The number of nitro benzene ring substituents is 1. The summed E-state index contributed by atoms with van der Waals surface area (Å²) in [6.45, 7) is 3.18.